The molecule has 0 spiro atoms. The predicted octanol–water partition coefficient (Wildman–Crippen LogP) is 0.152. The molecule has 0 atom stereocenters. The quantitative estimate of drug-likeness (QED) is 0.796. The highest BCUT2D eigenvalue weighted by atomic mass is 32.2. The first-order valence-corrected chi connectivity index (χ1v) is 10.2. The fraction of sp³-hybridized carbons (Fsp3) is 0.588. The minimum absolute atomic E-state index is 0.108. The molecule has 3 rings (SSSR count). The van der Waals surface area contributed by atoms with Crippen LogP contribution in [0.15, 0.2) is 23.1 Å². The number of rotatable bonds is 4. The standard InChI is InChI=1S/C17H25N3O5S/c1-24-16-4-3-14(26(22,23)20-9-11-25-12-10-20)13-15(16)17(21)19-7-2-5-18-6-8-19/h3-4,13,18H,2,5-12H2,1H3. The first kappa shape index (κ1) is 19.1. The Morgan fingerprint density at radius 2 is 1.92 bits per heavy atom. The molecular formula is C17H25N3O5S. The van der Waals surface area contributed by atoms with E-state index in [-0.39, 0.29) is 16.4 Å². The molecule has 8 nitrogen and oxygen atoms in total. The Morgan fingerprint density at radius 1 is 1.15 bits per heavy atom. The van der Waals surface area contributed by atoms with Gasteiger partial charge in [-0.15, -0.1) is 0 Å². The van der Waals surface area contributed by atoms with Crippen molar-refractivity contribution >= 4 is 15.9 Å². The summed E-state index contributed by atoms with van der Waals surface area (Å²) in [5.74, 6) is 0.178. The zero-order chi connectivity index (χ0) is 18.6. The lowest BCUT2D eigenvalue weighted by atomic mass is 10.1. The molecule has 2 saturated heterocycles. The Bertz CT molecular complexity index is 739. The molecule has 1 aromatic rings. The second-order valence-corrected chi connectivity index (χ2v) is 8.21. The van der Waals surface area contributed by atoms with Gasteiger partial charge in [0.25, 0.3) is 5.91 Å². The van der Waals surface area contributed by atoms with Gasteiger partial charge in [-0.3, -0.25) is 4.79 Å². The molecule has 0 unspecified atom stereocenters. The minimum atomic E-state index is -3.67. The van der Waals surface area contributed by atoms with Gasteiger partial charge in [-0.05, 0) is 31.2 Å². The molecule has 2 aliphatic rings. The third-order valence-corrected chi connectivity index (χ3v) is 6.53. The van der Waals surface area contributed by atoms with Crippen molar-refractivity contribution in [1.29, 1.82) is 0 Å². The summed E-state index contributed by atoms with van der Waals surface area (Å²) in [4.78, 5) is 14.8. The van der Waals surface area contributed by atoms with Crippen LogP contribution >= 0.6 is 0 Å². The highest BCUT2D eigenvalue weighted by Crippen LogP contribution is 2.26. The predicted molar refractivity (Wildman–Crippen MR) is 96.0 cm³/mol. The van der Waals surface area contributed by atoms with Crippen LogP contribution in [0.4, 0.5) is 0 Å². The Morgan fingerprint density at radius 3 is 2.65 bits per heavy atom. The number of carbonyl (C=O) groups is 1. The summed E-state index contributed by atoms with van der Waals surface area (Å²) in [5.41, 5.74) is 0.281. The monoisotopic (exact) mass is 383 g/mol. The third kappa shape index (κ3) is 4.01. The molecule has 0 aliphatic carbocycles. The van der Waals surface area contributed by atoms with Crippen molar-refractivity contribution in [3.63, 3.8) is 0 Å². The van der Waals surface area contributed by atoms with Gasteiger partial charge in [0.05, 0.1) is 30.8 Å². The number of hydrogen-bond donors (Lipinski definition) is 1. The number of methoxy groups -OCH3 is 1. The van der Waals surface area contributed by atoms with E-state index in [0.717, 1.165) is 19.5 Å². The van der Waals surface area contributed by atoms with E-state index in [1.54, 1.807) is 11.0 Å². The summed E-state index contributed by atoms with van der Waals surface area (Å²) < 4.78 is 37.7. The maximum Gasteiger partial charge on any atom is 0.257 e. The average Bonchev–Trinajstić information content (AvgIpc) is 2.97. The van der Waals surface area contributed by atoms with E-state index in [2.05, 4.69) is 5.32 Å². The summed E-state index contributed by atoms with van der Waals surface area (Å²) >= 11 is 0. The first-order chi connectivity index (χ1) is 12.5. The van der Waals surface area contributed by atoms with Gasteiger partial charge in [-0.2, -0.15) is 4.31 Å². The van der Waals surface area contributed by atoms with E-state index < -0.39 is 10.0 Å². The summed E-state index contributed by atoms with van der Waals surface area (Å²) in [5, 5.41) is 3.25. The van der Waals surface area contributed by atoms with E-state index in [4.69, 9.17) is 9.47 Å². The summed E-state index contributed by atoms with van der Waals surface area (Å²) in [6.45, 7) is 4.19. The van der Waals surface area contributed by atoms with Crippen LogP contribution in [0.25, 0.3) is 0 Å². The third-order valence-electron chi connectivity index (χ3n) is 4.64. The number of nitrogens with one attached hydrogen (secondary N) is 1. The number of benzene rings is 1. The second kappa shape index (κ2) is 8.34. The number of hydrogen-bond acceptors (Lipinski definition) is 6. The van der Waals surface area contributed by atoms with Crippen LogP contribution in [0.5, 0.6) is 5.75 Å². The van der Waals surface area contributed by atoms with Gasteiger partial charge in [-0.1, -0.05) is 0 Å². The van der Waals surface area contributed by atoms with Crippen molar-refractivity contribution in [2.45, 2.75) is 11.3 Å². The topological polar surface area (TPSA) is 88.2 Å². The lowest BCUT2D eigenvalue weighted by Crippen LogP contribution is -2.40. The summed E-state index contributed by atoms with van der Waals surface area (Å²) in [6, 6.07) is 4.48. The molecule has 1 amide bonds. The number of sulfonamides is 1. The van der Waals surface area contributed by atoms with Crippen molar-refractivity contribution in [3.8, 4) is 5.75 Å². The molecule has 144 valence electrons. The van der Waals surface area contributed by atoms with Crippen molar-refractivity contribution < 1.29 is 22.7 Å². The first-order valence-electron chi connectivity index (χ1n) is 8.80. The zero-order valence-electron chi connectivity index (χ0n) is 14.9. The maximum absolute atomic E-state index is 13.0. The van der Waals surface area contributed by atoms with E-state index in [0.29, 0.717) is 45.1 Å². The van der Waals surface area contributed by atoms with Crippen LogP contribution in [-0.2, 0) is 14.8 Å². The van der Waals surface area contributed by atoms with Crippen LogP contribution in [0.1, 0.15) is 16.8 Å². The van der Waals surface area contributed by atoms with Crippen molar-refractivity contribution in [2.24, 2.45) is 0 Å². The van der Waals surface area contributed by atoms with Crippen LogP contribution in [0.3, 0.4) is 0 Å². The van der Waals surface area contributed by atoms with Crippen LogP contribution in [-0.4, -0.2) is 83.1 Å². The SMILES string of the molecule is COc1ccc(S(=O)(=O)N2CCOCC2)cc1C(=O)N1CCCNCC1. The van der Waals surface area contributed by atoms with Crippen molar-refractivity contribution in [2.75, 3.05) is 59.6 Å². The lowest BCUT2D eigenvalue weighted by molar-refractivity contribution is 0.0729. The zero-order valence-corrected chi connectivity index (χ0v) is 15.8. The number of nitrogens with zero attached hydrogens (tertiary/aromatic N) is 2. The minimum Gasteiger partial charge on any atom is -0.496 e. The van der Waals surface area contributed by atoms with Gasteiger partial charge in [0, 0.05) is 32.7 Å². The smallest absolute Gasteiger partial charge is 0.257 e. The molecule has 1 aromatic carbocycles. The van der Waals surface area contributed by atoms with Crippen molar-refractivity contribution in [1.82, 2.24) is 14.5 Å². The lowest BCUT2D eigenvalue weighted by Gasteiger charge is -2.26. The van der Waals surface area contributed by atoms with Gasteiger partial charge in [0.2, 0.25) is 10.0 Å². The van der Waals surface area contributed by atoms with E-state index in [1.807, 2.05) is 0 Å². The Hall–Kier alpha value is -1.68. The summed E-state index contributed by atoms with van der Waals surface area (Å²) in [6.07, 6.45) is 0.861. The molecule has 9 heteroatoms. The highest BCUT2D eigenvalue weighted by molar-refractivity contribution is 7.89. The number of ether oxygens (including phenoxy) is 2. The molecule has 0 saturated carbocycles. The fourth-order valence-electron chi connectivity index (χ4n) is 3.17. The average molecular weight is 383 g/mol. The van der Waals surface area contributed by atoms with E-state index in [1.165, 1.54) is 23.5 Å². The highest BCUT2D eigenvalue weighted by Gasteiger charge is 2.29. The van der Waals surface area contributed by atoms with Crippen LogP contribution < -0.4 is 10.1 Å². The molecule has 1 N–H and O–H groups in total. The fourth-order valence-corrected chi connectivity index (χ4v) is 4.60. The van der Waals surface area contributed by atoms with Gasteiger partial charge in [-0.25, -0.2) is 8.42 Å². The van der Waals surface area contributed by atoms with Crippen LogP contribution in [0.2, 0.25) is 0 Å². The molecule has 2 aliphatic heterocycles. The Kier molecular flexibility index (Phi) is 6.13. The van der Waals surface area contributed by atoms with Gasteiger partial charge >= 0.3 is 0 Å². The Balaban J connectivity index is 1.92. The van der Waals surface area contributed by atoms with E-state index >= 15 is 0 Å². The number of carbonyl (C=O) groups excluding carboxylic acids is 1. The number of amides is 1. The van der Waals surface area contributed by atoms with Gasteiger partial charge in [0.1, 0.15) is 5.75 Å². The maximum atomic E-state index is 13.0. The number of morpholine rings is 1. The normalized spacial score (nSPS) is 19.8. The van der Waals surface area contributed by atoms with Gasteiger partial charge in [0.15, 0.2) is 0 Å². The largest absolute Gasteiger partial charge is 0.496 e. The van der Waals surface area contributed by atoms with Crippen molar-refractivity contribution in [3.05, 3.63) is 23.8 Å². The summed E-state index contributed by atoms with van der Waals surface area (Å²) in [7, 11) is -2.19. The molecule has 0 aromatic heterocycles. The van der Waals surface area contributed by atoms with Gasteiger partial charge < -0.3 is 19.7 Å². The molecule has 0 bridgehead atoms. The molecule has 0 radical (unpaired) electrons. The van der Waals surface area contributed by atoms with E-state index in [9.17, 15) is 13.2 Å². The second-order valence-electron chi connectivity index (χ2n) is 6.27. The molecule has 26 heavy (non-hydrogen) atoms. The molecule has 2 fully saturated rings. The molecule has 2 heterocycles. The molecular weight excluding hydrogens is 358 g/mol. The van der Waals surface area contributed by atoms with Crippen LogP contribution in [0, 0.1) is 0 Å². The Labute approximate surface area is 154 Å².